The van der Waals surface area contributed by atoms with Gasteiger partial charge in [0.2, 0.25) is 0 Å². The minimum Gasteiger partial charge on any atom is -0.482 e. The zero-order valence-corrected chi connectivity index (χ0v) is 15.8. The fourth-order valence-electron chi connectivity index (χ4n) is 2.19. The summed E-state index contributed by atoms with van der Waals surface area (Å²) in [4.78, 5) is 23.7. The highest BCUT2D eigenvalue weighted by molar-refractivity contribution is 6.35. The quantitative estimate of drug-likeness (QED) is 0.648. The Morgan fingerprint density at radius 3 is 2.36 bits per heavy atom. The van der Waals surface area contributed by atoms with Gasteiger partial charge in [-0.3, -0.25) is 9.59 Å². The highest BCUT2D eigenvalue weighted by Gasteiger charge is 2.34. The van der Waals surface area contributed by atoms with Crippen molar-refractivity contribution in [2.45, 2.75) is 6.18 Å². The van der Waals surface area contributed by atoms with E-state index in [9.17, 15) is 22.8 Å². The Hall–Kier alpha value is -2.45. The van der Waals surface area contributed by atoms with E-state index in [0.29, 0.717) is 5.02 Å². The van der Waals surface area contributed by atoms with Gasteiger partial charge >= 0.3 is 6.18 Å². The van der Waals surface area contributed by atoms with Crippen LogP contribution in [0, 0.1) is 0 Å². The molecule has 2 rings (SSSR count). The van der Waals surface area contributed by atoms with Crippen LogP contribution in [0.25, 0.3) is 0 Å². The van der Waals surface area contributed by atoms with Gasteiger partial charge in [-0.25, -0.2) is 0 Å². The fourth-order valence-corrected chi connectivity index (χ4v) is 2.65. The topological polar surface area (TPSA) is 67.4 Å². The second-order valence-electron chi connectivity index (χ2n) is 5.51. The van der Waals surface area contributed by atoms with Crippen LogP contribution in [0.3, 0.4) is 0 Å². The highest BCUT2D eigenvalue weighted by Crippen LogP contribution is 2.31. The Kier molecular flexibility index (Phi) is 7.53. The molecule has 0 aliphatic carbocycles. The van der Waals surface area contributed by atoms with Gasteiger partial charge in [0, 0.05) is 18.1 Å². The molecule has 10 heteroatoms. The molecule has 2 aromatic carbocycles. The minimum absolute atomic E-state index is 0.0104. The van der Waals surface area contributed by atoms with Gasteiger partial charge in [0.25, 0.3) is 11.8 Å². The fraction of sp³-hybridized carbons (Fsp3) is 0.222. The maximum atomic E-state index is 12.9. The molecule has 0 saturated carbocycles. The molecule has 2 amide bonds. The number of amides is 2. The molecule has 2 aromatic rings. The van der Waals surface area contributed by atoms with Crippen molar-refractivity contribution in [1.29, 1.82) is 0 Å². The van der Waals surface area contributed by atoms with Crippen LogP contribution in [-0.4, -0.2) is 31.5 Å². The summed E-state index contributed by atoms with van der Waals surface area (Å²) in [5, 5.41) is 5.46. The first-order valence-corrected chi connectivity index (χ1v) is 8.73. The van der Waals surface area contributed by atoms with Crippen molar-refractivity contribution in [3.8, 4) is 5.75 Å². The van der Waals surface area contributed by atoms with Crippen LogP contribution in [0.2, 0.25) is 10.0 Å². The number of halogens is 5. The summed E-state index contributed by atoms with van der Waals surface area (Å²) in [7, 11) is 0. The SMILES string of the molecule is O=C(COc1ccc(Cl)cc1Cl)NCCNC(=O)c1ccccc1C(F)(F)F. The summed E-state index contributed by atoms with van der Waals surface area (Å²) < 4.78 is 44.0. The van der Waals surface area contributed by atoms with E-state index in [2.05, 4.69) is 10.6 Å². The lowest BCUT2D eigenvalue weighted by molar-refractivity contribution is -0.138. The number of alkyl halides is 3. The molecular weight excluding hydrogens is 420 g/mol. The number of nitrogens with one attached hydrogen (secondary N) is 2. The number of carbonyl (C=O) groups is 2. The van der Waals surface area contributed by atoms with E-state index < -0.39 is 29.1 Å². The van der Waals surface area contributed by atoms with Gasteiger partial charge in [-0.2, -0.15) is 13.2 Å². The molecule has 0 bridgehead atoms. The Morgan fingerprint density at radius 1 is 1.00 bits per heavy atom. The Morgan fingerprint density at radius 2 is 1.68 bits per heavy atom. The molecule has 2 N–H and O–H groups in total. The molecule has 0 aromatic heterocycles. The molecule has 0 aliphatic rings. The standard InChI is InChI=1S/C18H15Cl2F3N2O3/c19-11-5-6-15(14(20)9-11)28-10-16(26)24-7-8-25-17(27)12-3-1-2-4-13(12)18(21,22)23/h1-6,9H,7-8,10H2,(H,24,26)(H,25,27). The van der Waals surface area contributed by atoms with Crippen molar-refractivity contribution in [1.82, 2.24) is 10.6 Å². The van der Waals surface area contributed by atoms with E-state index in [4.69, 9.17) is 27.9 Å². The number of benzene rings is 2. The first-order valence-electron chi connectivity index (χ1n) is 7.97. The van der Waals surface area contributed by atoms with Crippen LogP contribution in [0.15, 0.2) is 42.5 Å². The van der Waals surface area contributed by atoms with E-state index in [1.54, 1.807) is 6.07 Å². The molecule has 0 fully saturated rings. The molecule has 0 radical (unpaired) electrons. The molecule has 0 heterocycles. The molecule has 28 heavy (non-hydrogen) atoms. The summed E-state index contributed by atoms with van der Waals surface area (Å²) in [6.07, 6.45) is -4.64. The highest BCUT2D eigenvalue weighted by atomic mass is 35.5. The normalized spacial score (nSPS) is 11.0. The third-order valence-corrected chi connectivity index (χ3v) is 3.99. The number of carbonyl (C=O) groups excluding carboxylic acids is 2. The van der Waals surface area contributed by atoms with Crippen LogP contribution in [-0.2, 0) is 11.0 Å². The van der Waals surface area contributed by atoms with E-state index >= 15 is 0 Å². The summed E-state index contributed by atoms with van der Waals surface area (Å²) >= 11 is 11.7. The largest absolute Gasteiger partial charge is 0.482 e. The number of hydrogen-bond acceptors (Lipinski definition) is 3. The molecule has 0 atom stereocenters. The van der Waals surface area contributed by atoms with E-state index in [-0.39, 0.29) is 30.5 Å². The predicted octanol–water partition coefficient (Wildman–Crippen LogP) is 3.94. The monoisotopic (exact) mass is 434 g/mol. The summed E-state index contributed by atoms with van der Waals surface area (Å²) in [6.45, 7) is -0.374. The van der Waals surface area contributed by atoms with Crippen LogP contribution >= 0.6 is 23.2 Å². The first kappa shape index (κ1) is 21.8. The van der Waals surface area contributed by atoms with Crippen LogP contribution in [0.4, 0.5) is 13.2 Å². The van der Waals surface area contributed by atoms with Gasteiger partial charge in [0.15, 0.2) is 6.61 Å². The lowest BCUT2D eigenvalue weighted by atomic mass is 10.1. The molecular formula is C18H15Cl2F3N2O3. The number of ether oxygens (including phenoxy) is 1. The van der Waals surface area contributed by atoms with Gasteiger partial charge in [0.05, 0.1) is 16.1 Å². The van der Waals surface area contributed by atoms with Crippen molar-refractivity contribution >= 4 is 35.0 Å². The molecule has 0 spiro atoms. The minimum atomic E-state index is -4.64. The third kappa shape index (κ3) is 6.31. The Balaban J connectivity index is 1.77. The summed E-state index contributed by atoms with van der Waals surface area (Å²) in [6, 6.07) is 8.98. The predicted molar refractivity (Wildman–Crippen MR) is 98.7 cm³/mol. The third-order valence-electron chi connectivity index (χ3n) is 3.46. The van der Waals surface area contributed by atoms with Crippen molar-refractivity contribution in [3.63, 3.8) is 0 Å². The summed E-state index contributed by atoms with van der Waals surface area (Å²) in [5.41, 5.74) is -1.51. The van der Waals surface area contributed by atoms with Crippen molar-refractivity contribution in [2.24, 2.45) is 0 Å². The lowest BCUT2D eigenvalue weighted by Crippen LogP contribution is -2.37. The second-order valence-corrected chi connectivity index (χ2v) is 6.36. The second kappa shape index (κ2) is 9.66. The molecule has 0 aliphatic heterocycles. The number of hydrogen-bond donors (Lipinski definition) is 2. The molecule has 5 nitrogen and oxygen atoms in total. The van der Waals surface area contributed by atoms with E-state index in [1.807, 2.05) is 0 Å². The van der Waals surface area contributed by atoms with Gasteiger partial charge in [0.1, 0.15) is 5.75 Å². The van der Waals surface area contributed by atoms with Crippen LogP contribution in [0.1, 0.15) is 15.9 Å². The van der Waals surface area contributed by atoms with Gasteiger partial charge in [-0.05, 0) is 30.3 Å². The Labute approximate surface area is 168 Å². The molecule has 0 saturated heterocycles. The zero-order valence-electron chi connectivity index (χ0n) is 14.3. The summed E-state index contributed by atoms with van der Waals surface area (Å²) in [5.74, 6) is -1.10. The van der Waals surface area contributed by atoms with Crippen molar-refractivity contribution in [2.75, 3.05) is 19.7 Å². The van der Waals surface area contributed by atoms with Crippen LogP contribution in [0.5, 0.6) is 5.75 Å². The molecule has 0 unspecified atom stereocenters. The number of rotatable bonds is 7. The van der Waals surface area contributed by atoms with Crippen LogP contribution < -0.4 is 15.4 Å². The lowest BCUT2D eigenvalue weighted by Gasteiger charge is -2.13. The average Bonchev–Trinajstić information content (AvgIpc) is 2.63. The van der Waals surface area contributed by atoms with Crippen molar-refractivity contribution < 1.29 is 27.5 Å². The maximum absolute atomic E-state index is 12.9. The van der Waals surface area contributed by atoms with Gasteiger partial charge in [-0.1, -0.05) is 35.3 Å². The van der Waals surface area contributed by atoms with E-state index in [1.165, 1.54) is 24.3 Å². The smallest absolute Gasteiger partial charge is 0.417 e. The van der Waals surface area contributed by atoms with Gasteiger partial charge < -0.3 is 15.4 Å². The van der Waals surface area contributed by atoms with Gasteiger partial charge in [-0.15, -0.1) is 0 Å². The first-order chi connectivity index (χ1) is 13.2. The zero-order chi connectivity index (χ0) is 20.7. The van der Waals surface area contributed by atoms with Crippen molar-refractivity contribution in [3.05, 3.63) is 63.6 Å². The van der Waals surface area contributed by atoms with E-state index in [0.717, 1.165) is 12.1 Å². The average molecular weight is 435 g/mol. The Bertz CT molecular complexity index is 860. The molecule has 150 valence electrons. The maximum Gasteiger partial charge on any atom is 0.417 e.